The Morgan fingerprint density at radius 2 is 1.78 bits per heavy atom. The standard InChI is InChI=1S/C27H27N7OS/c1-17-14-18(2)22(28)21(15-17)23(29)26-32-24(25(36-26)19-4-3-7-31-16-19)27(35)34-12-10-33(11-13-34)20-5-8-30-9-6-20/h3-9,14-16,29H,10-13,28H2,1-2H3. The highest BCUT2D eigenvalue weighted by atomic mass is 32.1. The molecule has 0 spiro atoms. The quantitative estimate of drug-likeness (QED) is 0.316. The van der Waals surface area contributed by atoms with Gasteiger partial charge in [-0.15, -0.1) is 11.3 Å². The maximum atomic E-state index is 13.7. The van der Waals surface area contributed by atoms with E-state index in [-0.39, 0.29) is 11.6 Å². The molecule has 4 heterocycles. The molecule has 182 valence electrons. The smallest absolute Gasteiger partial charge is 0.274 e. The fraction of sp³-hybridized carbons (Fsp3) is 0.222. The molecule has 1 saturated heterocycles. The summed E-state index contributed by atoms with van der Waals surface area (Å²) in [6.07, 6.45) is 6.98. The SMILES string of the molecule is Cc1cc(C)c(N)c(C(=N)c2nc(C(=O)N3CCN(c4ccncc4)CC3)c(-c3cccnc3)s2)c1. The summed E-state index contributed by atoms with van der Waals surface area (Å²) in [4.78, 5) is 31.5. The number of hydrogen-bond donors (Lipinski definition) is 2. The summed E-state index contributed by atoms with van der Waals surface area (Å²) in [7, 11) is 0. The second kappa shape index (κ2) is 9.87. The van der Waals surface area contributed by atoms with E-state index in [0.717, 1.165) is 35.5 Å². The van der Waals surface area contributed by atoms with Crippen molar-refractivity contribution in [3.8, 4) is 10.4 Å². The van der Waals surface area contributed by atoms with Crippen molar-refractivity contribution < 1.29 is 4.79 Å². The van der Waals surface area contributed by atoms with E-state index in [2.05, 4.69) is 14.9 Å². The molecule has 1 aliphatic rings. The third-order valence-corrected chi connectivity index (χ3v) is 7.48. The molecule has 1 fully saturated rings. The van der Waals surface area contributed by atoms with Crippen molar-refractivity contribution in [2.45, 2.75) is 13.8 Å². The average molecular weight is 498 g/mol. The molecule has 0 atom stereocenters. The lowest BCUT2D eigenvalue weighted by atomic mass is 10.0. The molecule has 1 aromatic carbocycles. The molecule has 36 heavy (non-hydrogen) atoms. The van der Waals surface area contributed by atoms with Crippen LogP contribution in [0.1, 0.15) is 32.2 Å². The van der Waals surface area contributed by atoms with Crippen molar-refractivity contribution in [1.82, 2.24) is 19.9 Å². The molecule has 5 rings (SSSR count). The highest BCUT2D eigenvalue weighted by molar-refractivity contribution is 7.17. The van der Waals surface area contributed by atoms with Crippen molar-refractivity contribution in [2.75, 3.05) is 36.8 Å². The summed E-state index contributed by atoms with van der Waals surface area (Å²) in [6.45, 7) is 6.53. The second-order valence-electron chi connectivity index (χ2n) is 8.84. The molecule has 9 heteroatoms. The van der Waals surface area contributed by atoms with Crippen LogP contribution in [-0.2, 0) is 0 Å². The number of nitrogens with zero attached hydrogens (tertiary/aromatic N) is 5. The molecule has 3 N–H and O–H groups in total. The van der Waals surface area contributed by atoms with Gasteiger partial charge in [0.05, 0.1) is 10.6 Å². The first kappa shape index (κ1) is 23.6. The van der Waals surface area contributed by atoms with Crippen LogP contribution in [0.3, 0.4) is 0 Å². The number of amides is 1. The highest BCUT2D eigenvalue weighted by Crippen LogP contribution is 2.33. The van der Waals surface area contributed by atoms with E-state index < -0.39 is 0 Å². The van der Waals surface area contributed by atoms with Crippen LogP contribution in [0.5, 0.6) is 0 Å². The van der Waals surface area contributed by atoms with E-state index in [0.29, 0.717) is 39.9 Å². The van der Waals surface area contributed by atoms with Gasteiger partial charge in [-0.2, -0.15) is 0 Å². The normalized spacial score (nSPS) is 13.6. The third kappa shape index (κ3) is 4.57. The van der Waals surface area contributed by atoms with Crippen molar-refractivity contribution in [3.63, 3.8) is 0 Å². The van der Waals surface area contributed by atoms with Gasteiger partial charge >= 0.3 is 0 Å². The maximum absolute atomic E-state index is 13.7. The Labute approximate surface area is 214 Å². The van der Waals surface area contributed by atoms with Crippen molar-refractivity contribution in [3.05, 3.63) is 88.6 Å². The number of carbonyl (C=O) groups excluding carboxylic acids is 1. The fourth-order valence-corrected chi connectivity index (χ4v) is 5.45. The van der Waals surface area contributed by atoms with Gasteiger partial charge in [-0.25, -0.2) is 4.98 Å². The monoisotopic (exact) mass is 497 g/mol. The van der Waals surface area contributed by atoms with Crippen molar-refractivity contribution in [1.29, 1.82) is 5.41 Å². The molecule has 3 aromatic heterocycles. The minimum absolute atomic E-state index is 0.132. The second-order valence-corrected chi connectivity index (χ2v) is 9.84. The summed E-state index contributed by atoms with van der Waals surface area (Å²) in [5.41, 5.74) is 11.9. The summed E-state index contributed by atoms with van der Waals surface area (Å²) in [5, 5.41) is 9.36. The molecule has 1 aliphatic heterocycles. The zero-order valence-corrected chi connectivity index (χ0v) is 21.0. The third-order valence-electron chi connectivity index (χ3n) is 6.36. The lowest BCUT2D eigenvalue weighted by Gasteiger charge is -2.35. The first-order valence-corrected chi connectivity index (χ1v) is 12.6. The van der Waals surface area contributed by atoms with Gasteiger partial charge in [0, 0.05) is 73.5 Å². The lowest BCUT2D eigenvalue weighted by Crippen LogP contribution is -2.49. The van der Waals surface area contributed by atoms with Gasteiger partial charge in [-0.3, -0.25) is 20.2 Å². The largest absolute Gasteiger partial charge is 0.398 e. The van der Waals surface area contributed by atoms with Crippen LogP contribution < -0.4 is 10.6 Å². The molecule has 0 aliphatic carbocycles. The predicted octanol–water partition coefficient (Wildman–Crippen LogP) is 4.18. The fourth-order valence-electron chi connectivity index (χ4n) is 4.44. The van der Waals surface area contributed by atoms with E-state index in [4.69, 9.17) is 16.1 Å². The van der Waals surface area contributed by atoms with Gasteiger partial charge in [0.1, 0.15) is 10.7 Å². The number of nitrogens with one attached hydrogen (secondary N) is 1. The zero-order valence-electron chi connectivity index (χ0n) is 20.2. The summed E-state index contributed by atoms with van der Waals surface area (Å²) in [5.74, 6) is -0.132. The average Bonchev–Trinajstić information content (AvgIpc) is 3.36. The van der Waals surface area contributed by atoms with E-state index >= 15 is 0 Å². The first-order chi connectivity index (χ1) is 17.4. The predicted molar refractivity (Wildman–Crippen MR) is 144 cm³/mol. The van der Waals surface area contributed by atoms with Crippen LogP contribution in [0.2, 0.25) is 0 Å². The number of anilines is 2. The molecule has 1 amide bonds. The van der Waals surface area contributed by atoms with Crippen LogP contribution in [0, 0.1) is 19.3 Å². The number of nitrogen functional groups attached to an aromatic ring is 1. The highest BCUT2D eigenvalue weighted by Gasteiger charge is 2.29. The van der Waals surface area contributed by atoms with Crippen molar-refractivity contribution in [2.24, 2.45) is 0 Å². The summed E-state index contributed by atoms with van der Waals surface area (Å²) < 4.78 is 0. The Balaban J connectivity index is 1.46. The Morgan fingerprint density at radius 1 is 1.03 bits per heavy atom. The van der Waals surface area contributed by atoms with E-state index in [9.17, 15) is 4.79 Å². The van der Waals surface area contributed by atoms with E-state index in [1.54, 1.807) is 24.8 Å². The molecule has 0 unspecified atom stereocenters. The van der Waals surface area contributed by atoms with Crippen LogP contribution >= 0.6 is 11.3 Å². The van der Waals surface area contributed by atoms with E-state index in [1.807, 2.05) is 55.1 Å². The molecule has 0 saturated carbocycles. The zero-order chi connectivity index (χ0) is 25.2. The topological polar surface area (TPSA) is 112 Å². The summed E-state index contributed by atoms with van der Waals surface area (Å²) >= 11 is 1.33. The number of aryl methyl sites for hydroxylation is 2. The van der Waals surface area contributed by atoms with Gasteiger partial charge in [0.2, 0.25) is 0 Å². The first-order valence-electron chi connectivity index (χ1n) is 11.7. The molecule has 8 nitrogen and oxygen atoms in total. The molecule has 4 aromatic rings. The molecular formula is C27H27N7OS. The minimum Gasteiger partial charge on any atom is -0.398 e. The number of carbonyl (C=O) groups is 1. The van der Waals surface area contributed by atoms with Gasteiger partial charge < -0.3 is 15.5 Å². The van der Waals surface area contributed by atoms with Crippen molar-refractivity contribution >= 4 is 34.3 Å². The maximum Gasteiger partial charge on any atom is 0.274 e. The minimum atomic E-state index is -0.132. The van der Waals surface area contributed by atoms with Crippen LogP contribution in [0.4, 0.5) is 11.4 Å². The van der Waals surface area contributed by atoms with Gasteiger partial charge in [-0.1, -0.05) is 17.7 Å². The van der Waals surface area contributed by atoms with Gasteiger partial charge in [0.25, 0.3) is 5.91 Å². The Kier molecular flexibility index (Phi) is 6.47. The Morgan fingerprint density at radius 3 is 2.47 bits per heavy atom. The number of piperazine rings is 1. The van der Waals surface area contributed by atoms with Crippen LogP contribution in [0.15, 0.2) is 61.2 Å². The van der Waals surface area contributed by atoms with Gasteiger partial charge in [-0.05, 0) is 43.7 Å². The molecule has 0 bridgehead atoms. The number of thiazole rings is 1. The van der Waals surface area contributed by atoms with Gasteiger partial charge in [0.15, 0.2) is 0 Å². The number of nitrogens with two attached hydrogens (primary N) is 1. The number of pyridine rings is 2. The number of rotatable bonds is 5. The van der Waals surface area contributed by atoms with Crippen LogP contribution in [0.25, 0.3) is 10.4 Å². The Hall–Kier alpha value is -4.11. The van der Waals surface area contributed by atoms with E-state index in [1.165, 1.54) is 11.3 Å². The summed E-state index contributed by atoms with van der Waals surface area (Å²) in [6, 6.07) is 11.6. The molecular weight excluding hydrogens is 470 g/mol. The van der Waals surface area contributed by atoms with Crippen LogP contribution in [-0.4, -0.2) is 57.6 Å². The molecule has 0 radical (unpaired) electrons. The Bertz CT molecular complexity index is 1410. The number of hydrogen-bond acceptors (Lipinski definition) is 8. The number of benzene rings is 1. The number of aromatic nitrogens is 3. The lowest BCUT2D eigenvalue weighted by molar-refractivity contribution is 0.0742.